The minimum Gasteiger partial charge on any atom is -0.341 e. The zero-order chi connectivity index (χ0) is 12.4. The largest absolute Gasteiger partial charge is 0.341 e. The van der Waals surface area contributed by atoms with Gasteiger partial charge in [-0.15, -0.1) is 0 Å². The second-order valence-corrected chi connectivity index (χ2v) is 4.97. The third-order valence-corrected chi connectivity index (χ3v) is 3.26. The molecule has 1 aromatic rings. The van der Waals surface area contributed by atoms with E-state index in [-0.39, 0.29) is 11.9 Å². The van der Waals surface area contributed by atoms with E-state index in [1.807, 2.05) is 4.90 Å². The van der Waals surface area contributed by atoms with Crippen LogP contribution in [-0.4, -0.2) is 23.9 Å². The molecule has 0 saturated carbocycles. The summed E-state index contributed by atoms with van der Waals surface area (Å²) < 4.78 is 0. The molecule has 1 aliphatic heterocycles. The maximum Gasteiger partial charge on any atom is 0.222 e. The third-order valence-electron chi connectivity index (χ3n) is 3.26. The normalized spacial score (nSPS) is 17.6. The first kappa shape index (κ1) is 12.1. The standard InChI is InChI=1S/C14H20N2O/c1-10-6-11(2)8-12(7-10)13(15)9-16-5-3-4-14(16)17/h6-8,13H,3-5,9,15H2,1-2H3. The number of likely N-dealkylation sites (tertiary alicyclic amines) is 1. The van der Waals surface area contributed by atoms with E-state index in [0.29, 0.717) is 13.0 Å². The molecule has 92 valence electrons. The molecule has 0 radical (unpaired) electrons. The summed E-state index contributed by atoms with van der Waals surface area (Å²) in [5.74, 6) is 0.241. The number of carbonyl (C=O) groups excluding carboxylic acids is 1. The Kier molecular flexibility index (Phi) is 3.48. The summed E-state index contributed by atoms with van der Waals surface area (Å²) in [6.45, 7) is 5.65. The molecule has 1 saturated heterocycles. The molecule has 1 amide bonds. The summed E-state index contributed by atoms with van der Waals surface area (Å²) in [6, 6.07) is 6.28. The van der Waals surface area contributed by atoms with Crippen LogP contribution in [0.25, 0.3) is 0 Å². The minimum atomic E-state index is -0.0735. The molecule has 0 aromatic heterocycles. The van der Waals surface area contributed by atoms with Gasteiger partial charge in [-0.25, -0.2) is 0 Å². The van der Waals surface area contributed by atoms with Crippen molar-refractivity contribution in [2.75, 3.05) is 13.1 Å². The van der Waals surface area contributed by atoms with Crippen molar-refractivity contribution in [3.63, 3.8) is 0 Å². The molecule has 2 N–H and O–H groups in total. The lowest BCUT2D eigenvalue weighted by Crippen LogP contribution is -2.33. The molecule has 0 bridgehead atoms. The predicted molar refractivity (Wildman–Crippen MR) is 68.7 cm³/mol. The second-order valence-electron chi connectivity index (χ2n) is 4.97. The number of rotatable bonds is 3. The van der Waals surface area contributed by atoms with Gasteiger partial charge < -0.3 is 10.6 Å². The second kappa shape index (κ2) is 4.88. The zero-order valence-electron chi connectivity index (χ0n) is 10.6. The number of hydrogen-bond donors (Lipinski definition) is 1. The van der Waals surface area contributed by atoms with Crippen LogP contribution in [0.2, 0.25) is 0 Å². The molecule has 2 rings (SSSR count). The molecule has 3 nitrogen and oxygen atoms in total. The number of benzene rings is 1. The highest BCUT2D eigenvalue weighted by molar-refractivity contribution is 5.78. The summed E-state index contributed by atoms with van der Waals surface area (Å²) >= 11 is 0. The van der Waals surface area contributed by atoms with Crippen molar-refractivity contribution >= 4 is 5.91 Å². The van der Waals surface area contributed by atoms with Gasteiger partial charge in [-0.05, 0) is 25.8 Å². The summed E-state index contributed by atoms with van der Waals surface area (Å²) in [6.07, 6.45) is 1.65. The average Bonchev–Trinajstić information content (AvgIpc) is 2.63. The van der Waals surface area contributed by atoms with Gasteiger partial charge in [-0.1, -0.05) is 29.3 Å². The first-order valence-electron chi connectivity index (χ1n) is 6.18. The smallest absolute Gasteiger partial charge is 0.222 e. The van der Waals surface area contributed by atoms with Crippen molar-refractivity contribution in [3.8, 4) is 0 Å². The van der Waals surface area contributed by atoms with E-state index in [1.54, 1.807) is 0 Å². The van der Waals surface area contributed by atoms with Gasteiger partial charge in [-0.3, -0.25) is 4.79 Å². The Labute approximate surface area is 103 Å². The maximum atomic E-state index is 11.5. The van der Waals surface area contributed by atoms with Gasteiger partial charge in [0.1, 0.15) is 0 Å². The Morgan fingerprint density at radius 1 is 1.29 bits per heavy atom. The highest BCUT2D eigenvalue weighted by Crippen LogP contribution is 2.18. The van der Waals surface area contributed by atoms with Crippen molar-refractivity contribution in [1.29, 1.82) is 0 Å². The van der Waals surface area contributed by atoms with Gasteiger partial charge in [0.25, 0.3) is 0 Å². The van der Waals surface area contributed by atoms with E-state index in [2.05, 4.69) is 32.0 Å². The predicted octanol–water partition coefficient (Wildman–Crippen LogP) is 1.93. The van der Waals surface area contributed by atoms with E-state index >= 15 is 0 Å². The van der Waals surface area contributed by atoms with Crippen LogP contribution in [0.15, 0.2) is 18.2 Å². The van der Waals surface area contributed by atoms with Crippen LogP contribution in [0.4, 0.5) is 0 Å². The van der Waals surface area contributed by atoms with Crippen molar-refractivity contribution in [1.82, 2.24) is 4.90 Å². The fraction of sp³-hybridized carbons (Fsp3) is 0.500. The summed E-state index contributed by atoms with van der Waals surface area (Å²) in [4.78, 5) is 13.4. The fourth-order valence-electron chi connectivity index (χ4n) is 2.46. The van der Waals surface area contributed by atoms with Crippen LogP contribution < -0.4 is 5.73 Å². The Morgan fingerprint density at radius 2 is 1.94 bits per heavy atom. The fourth-order valence-corrected chi connectivity index (χ4v) is 2.46. The highest BCUT2D eigenvalue weighted by Gasteiger charge is 2.22. The lowest BCUT2D eigenvalue weighted by molar-refractivity contribution is -0.127. The molecule has 17 heavy (non-hydrogen) atoms. The third kappa shape index (κ3) is 2.86. The number of nitrogens with two attached hydrogens (primary N) is 1. The maximum absolute atomic E-state index is 11.5. The molecule has 1 fully saturated rings. The molecular weight excluding hydrogens is 212 g/mol. The van der Waals surface area contributed by atoms with Crippen LogP contribution in [0.1, 0.15) is 35.6 Å². The van der Waals surface area contributed by atoms with Gasteiger partial charge in [0.15, 0.2) is 0 Å². The minimum absolute atomic E-state index is 0.0735. The van der Waals surface area contributed by atoms with Crippen LogP contribution in [-0.2, 0) is 4.79 Å². The molecule has 1 aliphatic rings. The number of carbonyl (C=O) groups is 1. The van der Waals surface area contributed by atoms with Gasteiger partial charge in [0, 0.05) is 25.6 Å². The van der Waals surface area contributed by atoms with Crippen molar-refractivity contribution in [3.05, 3.63) is 34.9 Å². The number of nitrogens with zero attached hydrogens (tertiary/aromatic N) is 1. The lowest BCUT2D eigenvalue weighted by atomic mass is 10.0. The first-order valence-corrected chi connectivity index (χ1v) is 6.18. The SMILES string of the molecule is Cc1cc(C)cc(C(N)CN2CCCC2=O)c1. The number of hydrogen-bond acceptors (Lipinski definition) is 2. The molecule has 1 unspecified atom stereocenters. The first-order chi connectivity index (χ1) is 8.06. The molecule has 1 aromatic carbocycles. The van der Waals surface area contributed by atoms with Gasteiger partial charge in [0.05, 0.1) is 0 Å². The lowest BCUT2D eigenvalue weighted by Gasteiger charge is -2.21. The van der Waals surface area contributed by atoms with Crippen LogP contribution >= 0.6 is 0 Å². The van der Waals surface area contributed by atoms with E-state index in [1.165, 1.54) is 11.1 Å². The van der Waals surface area contributed by atoms with Crippen LogP contribution in [0.3, 0.4) is 0 Å². The van der Waals surface area contributed by atoms with E-state index < -0.39 is 0 Å². The van der Waals surface area contributed by atoms with Gasteiger partial charge >= 0.3 is 0 Å². The topological polar surface area (TPSA) is 46.3 Å². The van der Waals surface area contributed by atoms with Crippen LogP contribution in [0, 0.1) is 13.8 Å². The number of aryl methyl sites for hydroxylation is 2. The van der Waals surface area contributed by atoms with E-state index in [9.17, 15) is 4.79 Å². The Morgan fingerprint density at radius 3 is 2.47 bits per heavy atom. The molecule has 1 heterocycles. The molecule has 1 atom stereocenters. The molecular formula is C14H20N2O. The average molecular weight is 232 g/mol. The van der Waals surface area contributed by atoms with Crippen molar-refractivity contribution in [2.45, 2.75) is 32.7 Å². The monoisotopic (exact) mass is 232 g/mol. The van der Waals surface area contributed by atoms with Crippen molar-refractivity contribution in [2.24, 2.45) is 5.73 Å². The van der Waals surface area contributed by atoms with Gasteiger partial charge in [0.2, 0.25) is 5.91 Å². The quantitative estimate of drug-likeness (QED) is 0.865. The highest BCUT2D eigenvalue weighted by atomic mass is 16.2. The summed E-state index contributed by atoms with van der Waals surface area (Å²) in [5, 5.41) is 0. The molecule has 0 spiro atoms. The number of amides is 1. The van der Waals surface area contributed by atoms with Crippen molar-refractivity contribution < 1.29 is 4.79 Å². The summed E-state index contributed by atoms with van der Waals surface area (Å²) in [7, 11) is 0. The molecule has 3 heteroatoms. The zero-order valence-corrected chi connectivity index (χ0v) is 10.6. The Balaban J connectivity index is 2.08. The van der Waals surface area contributed by atoms with E-state index in [0.717, 1.165) is 18.5 Å². The summed E-state index contributed by atoms with van der Waals surface area (Å²) in [5.41, 5.74) is 9.76. The Hall–Kier alpha value is -1.35. The van der Waals surface area contributed by atoms with Gasteiger partial charge in [-0.2, -0.15) is 0 Å². The Bertz CT molecular complexity index is 408. The molecule has 0 aliphatic carbocycles. The van der Waals surface area contributed by atoms with E-state index in [4.69, 9.17) is 5.73 Å². The van der Waals surface area contributed by atoms with Crippen LogP contribution in [0.5, 0.6) is 0 Å².